The molecule has 0 aliphatic carbocycles. The summed E-state index contributed by atoms with van der Waals surface area (Å²) in [6, 6.07) is 15.3. The SMILES string of the molecule is O=C1C(=O)N(c2cccc(Cl)c2)C(c2ccco2)/C1=C(/O)c1cccc(Cl)c1. The number of aliphatic hydroxyl groups excluding tert-OH is 1. The topological polar surface area (TPSA) is 70.8 Å². The normalized spacial score (nSPS) is 18.6. The van der Waals surface area contributed by atoms with Crippen molar-refractivity contribution in [2.75, 3.05) is 4.90 Å². The molecule has 1 atom stereocenters. The molecule has 5 nitrogen and oxygen atoms in total. The van der Waals surface area contributed by atoms with E-state index in [1.807, 2.05) is 0 Å². The summed E-state index contributed by atoms with van der Waals surface area (Å²) in [6.45, 7) is 0. The summed E-state index contributed by atoms with van der Waals surface area (Å²) in [4.78, 5) is 27.0. The Hall–Kier alpha value is -3.02. The van der Waals surface area contributed by atoms with Gasteiger partial charge in [-0.2, -0.15) is 0 Å². The molecule has 28 heavy (non-hydrogen) atoms. The average Bonchev–Trinajstić information content (AvgIpc) is 3.28. The highest BCUT2D eigenvalue weighted by Gasteiger charge is 2.48. The van der Waals surface area contributed by atoms with E-state index in [1.165, 1.54) is 17.2 Å². The molecule has 4 rings (SSSR count). The largest absolute Gasteiger partial charge is 0.507 e. The minimum atomic E-state index is -0.938. The van der Waals surface area contributed by atoms with Crippen LogP contribution in [-0.2, 0) is 9.59 Å². The highest BCUT2D eigenvalue weighted by Crippen LogP contribution is 2.42. The Morgan fingerprint density at radius 2 is 1.68 bits per heavy atom. The average molecular weight is 414 g/mol. The first-order chi connectivity index (χ1) is 13.5. The first-order valence-electron chi connectivity index (χ1n) is 8.33. The molecule has 0 bridgehead atoms. The Labute approximate surface area is 170 Å². The lowest BCUT2D eigenvalue weighted by atomic mass is 9.99. The van der Waals surface area contributed by atoms with Gasteiger partial charge in [-0.3, -0.25) is 14.5 Å². The van der Waals surface area contributed by atoms with Gasteiger partial charge in [-0.15, -0.1) is 0 Å². The van der Waals surface area contributed by atoms with Gasteiger partial charge in [-0.1, -0.05) is 41.4 Å². The van der Waals surface area contributed by atoms with Crippen LogP contribution in [0.15, 0.2) is 76.9 Å². The van der Waals surface area contributed by atoms with Crippen molar-refractivity contribution in [2.45, 2.75) is 6.04 Å². The highest BCUT2D eigenvalue weighted by atomic mass is 35.5. The van der Waals surface area contributed by atoms with Crippen molar-refractivity contribution in [1.82, 2.24) is 0 Å². The highest BCUT2D eigenvalue weighted by molar-refractivity contribution is 6.51. The van der Waals surface area contributed by atoms with Crippen LogP contribution in [0.2, 0.25) is 10.0 Å². The van der Waals surface area contributed by atoms with E-state index in [0.29, 0.717) is 27.1 Å². The Morgan fingerprint density at radius 1 is 0.964 bits per heavy atom. The number of Topliss-reactive ketones (excluding diaryl/α,β-unsaturated/α-hetero) is 1. The zero-order valence-electron chi connectivity index (χ0n) is 14.3. The first kappa shape index (κ1) is 18.3. The number of carbonyl (C=O) groups excluding carboxylic acids is 2. The number of benzene rings is 2. The van der Waals surface area contributed by atoms with Crippen molar-refractivity contribution >= 4 is 46.3 Å². The van der Waals surface area contributed by atoms with E-state index in [1.54, 1.807) is 54.6 Å². The number of amides is 1. The monoisotopic (exact) mass is 413 g/mol. The van der Waals surface area contributed by atoms with Crippen LogP contribution in [0, 0.1) is 0 Å². The zero-order chi connectivity index (χ0) is 19.8. The number of carbonyl (C=O) groups is 2. The second-order valence-corrected chi connectivity index (χ2v) is 7.05. The number of furan rings is 1. The van der Waals surface area contributed by atoms with Gasteiger partial charge < -0.3 is 9.52 Å². The summed E-state index contributed by atoms with van der Waals surface area (Å²) >= 11 is 12.1. The Morgan fingerprint density at radius 3 is 2.32 bits per heavy atom. The molecule has 0 radical (unpaired) electrons. The zero-order valence-corrected chi connectivity index (χ0v) is 15.8. The van der Waals surface area contributed by atoms with E-state index in [4.69, 9.17) is 27.6 Å². The molecule has 1 amide bonds. The van der Waals surface area contributed by atoms with Crippen molar-refractivity contribution in [1.29, 1.82) is 0 Å². The molecule has 1 aliphatic heterocycles. The molecule has 3 aromatic rings. The van der Waals surface area contributed by atoms with Gasteiger partial charge in [0.05, 0.1) is 11.8 Å². The third-order valence-electron chi connectivity index (χ3n) is 4.44. The third-order valence-corrected chi connectivity index (χ3v) is 4.91. The molecule has 7 heteroatoms. The van der Waals surface area contributed by atoms with Gasteiger partial charge in [-0.25, -0.2) is 0 Å². The lowest BCUT2D eigenvalue weighted by Crippen LogP contribution is -2.29. The molecule has 1 fully saturated rings. The molecular weight excluding hydrogens is 401 g/mol. The van der Waals surface area contributed by atoms with Crippen LogP contribution in [0.25, 0.3) is 5.76 Å². The molecule has 1 saturated heterocycles. The summed E-state index contributed by atoms with van der Waals surface area (Å²) < 4.78 is 5.49. The Balaban J connectivity index is 1.94. The molecule has 2 aromatic carbocycles. The number of nitrogens with zero attached hydrogens (tertiary/aromatic N) is 1. The lowest BCUT2D eigenvalue weighted by Gasteiger charge is -2.23. The van der Waals surface area contributed by atoms with Crippen LogP contribution < -0.4 is 4.90 Å². The van der Waals surface area contributed by atoms with Crippen molar-refractivity contribution in [3.05, 3.63) is 93.9 Å². The molecule has 2 heterocycles. The first-order valence-corrected chi connectivity index (χ1v) is 9.09. The van der Waals surface area contributed by atoms with Crippen LogP contribution in [0.5, 0.6) is 0 Å². The molecule has 1 N–H and O–H groups in total. The third kappa shape index (κ3) is 3.09. The van der Waals surface area contributed by atoms with E-state index in [9.17, 15) is 14.7 Å². The summed E-state index contributed by atoms with van der Waals surface area (Å²) in [5.74, 6) is -1.60. The molecular formula is C21H13Cl2NO4. The van der Waals surface area contributed by atoms with E-state index < -0.39 is 17.7 Å². The Kier molecular flexibility index (Phi) is 4.71. The number of halogens is 2. The number of hydrogen-bond donors (Lipinski definition) is 1. The van der Waals surface area contributed by atoms with Crippen molar-refractivity contribution in [3.63, 3.8) is 0 Å². The van der Waals surface area contributed by atoms with E-state index in [2.05, 4.69) is 0 Å². The maximum absolute atomic E-state index is 12.9. The number of rotatable bonds is 3. The van der Waals surface area contributed by atoms with Crippen LogP contribution in [0.1, 0.15) is 17.4 Å². The fourth-order valence-corrected chi connectivity index (χ4v) is 3.61. The lowest BCUT2D eigenvalue weighted by molar-refractivity contribution is -0.132. The molecule has 1 aliphatic rings. The molecule has 0 spiro atoms. The summed E-state index contributed by atoms with van der Waals surface area (Å²) in [6.07, 6.45) is 1.44. The van der Waals surface area contributed by atoms with Gasteiger partial charge >= 0.3 is 0 Å². The minimum Gasteiger partial charge on any atom is -0.507 e. The second-order valence-electron chi connectivity index (χ2n) is 6.17. The van der Waals surface area contributed by atoms with Crippen LogP contribution in [-0.4, -0.2) is 16.8 Å². The van der Waals surface area contributed by atoms with Gasteiger partial charge in [-0.05, 0) is 42.5 Å². The van der Waals surface area contributed by atoms with Crippen molar-refractivity contribution in [3.8, 4) is 0 Å². The Bertz CT molecular complexity index is 1110. The predicted octanol–water partition coefficient (Wildman–Crippen LogP) is 5.21. The van der Waals surface area contributed by atoms with Crippen molar-refractivity contribution in [2.24, 2.45) is 0 Å². The fraction of sp³-hybridized carbons (Fsp3) is 0.0476. The number of anilines is 1. The van der Waals surface area contributed by atoms with E-state index in [-0.39, 0.29) is 11.3 Å². The minimum absolute atomic E-state index is 0.0813. The van der Waals surface area contributed by atoms with Gasteiger partial charge in [0.1, 0.15) is 17.6 Å². The van der Waals surface area contributed by atoms with Gasteiger partial charge in [0.2, 0.25) is 0 Å². The smallest absolute Gasteiger partial charge is 0.300 e. The van der Waals surface area contributed by atoms with Crippen LogP contribution >= 0.6 is 23.2 Å². The summed E-state index contributed by atoms with van der Waals surface area (Å²) in [7, 11) is 0. The van der Waals surface area contributed by atoms with E-state index >= 15 is 0 Å². The van der Waals surface area contributed by atoms with Gasteiger partial charge in [0.25, 0.3) is 11.7 Å². The summed E-state index contributed by atoms with van der Waals surface area (Å²) in [5.41, 5.74) is 0.663. The number of ketones is 1. The van der Waals surface area contributed by atoms with Crippen molar-refractivity contribution < 1.29 is 19.1 Å². The number of aliphatic hydroxyl groups is 1. The molecule has 140 valence electrons. The quantitative estimate of drug-likeness (QED) is 0.363. The van der Waals surface area contributed by atoms with Crippen LogP contribution in [0.3, 0.4) is 0 Å². The fourth-order valence-electron chi connectivity index (χ4n) is 3.23. The standard InChI is InChI=1S/C21H13Cl2NO4/c22-13-5-1-4-12(10-13)19(25)17-18(16-8-3-9-28-16)24(21(27)20(17)26)15-7-2-6-14(23)11-15/h1-11,18,25H/b19-17-. The van der Waals surface area contributed by atoms with Gasteiger partial charge in [0.15, 0.2) is 0 Å². The molecule has 1 aromatic heterocycles. The summed E-state index contributed by atoms with van der Waals surface area (Å²) in [5, 5.41) is 11.7. The van der Waals surface area contributed by atoms with Gasteiger partial charge in [0, 0.05) is 21.3 Å². The molecule has 0 saturated carbocycles. The second kappa shape index (κ2) is 7.19. The number of hydrogen-bond acceptors (Lipinski definition) is 4. The van der Waals surface area contributed by atoms with E-state index in [0.717, 1.165) is 0 Å². The van der Waals surface area contributed by atoms with Crippen LogP contribution in [0.4, 0.5) is 5.69 Å². The predicted molar refractivity (Wildman–Crippen MR) is 106 cm³/mol. The molecule has 1 unspecified atom stereocenters. The maximum Gasteiger partial charge on any atom is 0.300 e. The maximum atomic E-state index is 12.9.